The molecule has 5 aromatic rings. The highest BCUT2D eigenvalue weighted by molar-refractivity contribution is 5.83. The minimum Gasteiger partial charge on any atom is -0.444 e. The summed E-state index contributed by atoms with van der Waals surface area (Å²) in [4.78, 5) is 16.4. The van der Waals surface area contributed by atoms with Crippen LogP contribution in [-0.2, 0) is 30.5 Å². The van der Waals surface area contributed by atoms with Crippen molar-refractivity contribution < 1.29 is 9.53 Å². The quantitative estimate of drug-likeness (QED) is 0.220. The van der Waals surface area contributed by atoms with Crippen molar-refractivity contribution >= 4 is 17.0 Å². The van der Waals surface area contributed by atoms with Crippen LogP contribution in [0.15, 0.2) is 85.1 Å². The van der Waals surface area contributed by atoms with E-state index in [4.69, 9.17) is 4.74 Å². The normalized spacial score (nSPS) is 12.4. The van der Waals surface area contributed by atoms with Gasteiger partial charge in [-0.05, 0) is 56.9 Å². The summed E-state index contributed by atoms with van der Waals surface area (Å²) >= 11 is 0. The molecule has 0 aliphatic rings. The number of carbonyl (C=O) groups excluding carboxylic acids is 1. The highest BCUT2D eigenvalue weighted by Crippen LogP contribution is 2.26. The second-order valence-electron chi connectivity index (χ2n) is 11.3. The van der Waals surface area contributed by atoms with E-state index in [1.165, 1.54) is 11.1 Å². The molecule has 0 aliphatic heterocycles. The number of aromatic amines is 1. The van der Waals surface area contributed by atoms with E-state index in [9.17, 15) is 4.79 Å². The number of alkyl carbamates (subject to hydrolysis) is 1. The van der Waals surface area contributed by atoms with E-state index in [1.807, 2.05) is 45.2 Å². The van der Waals surface area contributed by atoms with Crippen LogP contribution in [-0.4, -0.2) is 31.4 Å². The Balaban J connectivity index is 1.52. The van der Waals surface area contributed by atoms with Crippen molar-refractivity contribution in [2.45, 2.75) is 65.1 Å². The van der Waals surface area contributed by atoms with Crippen LogP contribution in [0.2, 0.25) is 0 Å². The van der Waals surface area contributed by atoms with Gasteiger partial charge in [0.05, 0.1) is 12.6 Å². The number of nitrogens with one attached hydrogen (secondary N) is 2. The van der Waals surface area contributed by atoms with Gasteiger partial charge in [0.25, 0.3) is 0 Å². The van der Waals surface area contributed by atoms with Gasteiger partial charge in [-0.1, -0.05) is 78.4 Å². The predicted octanol–water partition coefficient (Wildman–Crippen LogP) is 6.71. The number of hydrogen-bond acceptors (Lipinski definition) is 4. The van der Waals surface area contributed by atoms with Gasteiger partial charge in [0.1, 0.15) is 11.4 Å². The molecular weight excluding hydrogens is 498 g/mol. The molecule has 0 saturated heterocycles. The summed E-state index contributed by atoms with van der Waals surface area (Å²) < 4.78 is 7.82. The number of benzene rings is 3. The molecule has 7 heteroatoms. The highest BCUT2D eigenvalue weighted by Gasteiger charge is 2.27. The average molecular weight is 536 g/mol. The van der Waals surface area contributed by atoms with Gasteiger partial charge in [-0.3, -0.25) is 0 Å². The number of aromatic nitrogens is 4. The van der Waals surface area contributed by atoms with E-state index in [0.29, 0.717) is 18.8 Å². The van der Waals surface area contributed by atoms with Gasteiger partial charge >= 0.3 is 6.09 Å². The molecule has 2 heterocycles. The number of hydrogen-bond donors (Lipinski definition) is 2. The molecule has 0 bridgehead atoms. The van der Waals surface area contributed by atoms with Gasteiger partial charge < -0.3 is 19.6 Å². The van der Waals surface area contributed by atoms with Crippen LogP contribution in [0, 0.1) is 6.92 Å². The second-order valence-corrected chi connectivity index (χ2v) is 11.3. The van der Waals surface area contributed by atoms with Gasteiger partial charge in [0, 0.05) is 29.9 Å². The molecule has 5 rings (SSSR count). The lowest BCUT2D eigenvalue weighted by atomic mass is 10.0. The third-order valence-electron chi connectivity index (χ3n) is 6.90. The Hall–Kier alpha value is -4.39. The largest absolute Gasteiger partial charge is 0.444 e. The number of nitrogens with zero attached hydrogens (tertiary/aromatic N) is 3. The Morgan fingerprint density at radius 2 is 1.65 bits per heavy atom. The zero-order valence-electron chi connectivity index (χ0n) is 23.6. The van der Waals surface area contributed by atoms with Crippen molar-refractivity contribution in [2.75, 3.05) is 0 Å². The number of rotatable bonds is 9. The minimum absolute atomic E-state index is 0.447. The number of para-hydroxylation sites is 1. The second kappa shape index (κ2) is 11.8. The van der Waals surface area contributed by atoms with Crippen molar-refractivity contribution in [1.82, 2.24) is 25.1 Å². The summed E-state index contributed by atoms with van der Waals surface area (Å²) in [6.45, 7) is 8.28. The molecule has 0 fully saturated rings. The predicted molar refractivity (Wildman–Crippen MR) is 158 cm³/mol. The molecule has 0 unspecified atom stereocenters. The molecule has 2 aromatic heterocycles. The third kappa shape index (κ3) is 6.78. The first-order chi connectivity index (χ1) is 19.2. The average Bonchev–Trinajstić information content (AvgIpc) is 3.52. The fraction of sp³-hybridized carbons (Fsp3) is 0.303. The molecular formula is C33H37N5O2. The molecule has 0 radical (unpaired) electrons. The van der Waals surface area contributed by atoms with Crippen LogP contribution >= 0.6 is 0 Å². The van der Waals surface area contributed by atoms with Gasteiger partial charge in [-0.2, -0.15) is 0 Å². The molecule has 0 aliphatic carbocycles. The summed E-state index contributed by atoms with van der Waals surface area (Å²) in [5.74, 6) is 1.59. The summed E-state index contributed by atoms with van der Waals surface area (Å²) in [5.41, 5.74) is 5.13. The Morgan fingerprint density at radius 3 is 2.40 bits per heavy atom. The molecule has 1 atom stereocenters. The van der Waals surface area contributed by atoms with E-state index < -0.39 is 17.7 Å². The van der Waals surface area contributed by atoms with E-state index in [0.717, 1.165) is 40.7 Å². The van der Waals surface area contributed by atoms with Crippen LogP contribution in [0.5, 0.6) is 0 Å². The fourth-order valence-corrected chi connectivity index (χ4v) is 4.92. The van der Waals surface area contributed by atoms with E-state index in [-0.39, 0.29) is 0 Å². The molecule has 0 spiro atoms. The molecule has 2 N–H and O–H groups in total. The Labute approximate surface area is 235 Å². The summed E-state index contributed by atoms with van der Waals surface area (Å²) in [6.07, 6.45) is 3.64. The van der Waals surface area contributed by atoms with Crippen molar-refractivity contribution in [2.24, 2.45) is 0 Å². The standard InChI is InChI=1S/C33H37N5O2/c1-23-14-16-25(17-15-23)22-38-30(19-18-24-10-6-5-7-11-24)36-37-31(38)29(35-32(39)40-33(2,3)4)20-26-21-34-28-13-9-8-12-27(26)28/h5-17,21,29,34H,18-20,22H2,1-4H3,(H,35,39)/t29-/m1/s1. The lowest BCUT2D eigenvalue weighted by Gasteiger charge is -2.24. The molecule has 0 saturated carbocycles. The van der Waals surface area contributed by atoms with Crippen LogP contribution in [0.1, 0.15) is 60.7 Å². The molecule has 1 amide bonds. The number of carbonyl (C=O) groups is 1. The molecule has 7 nitrogen and oxygen atoms in total. The number of ether oxygens (including phenoxy) is 1. The van der Waals surface area contributed by atoms with Crippen LogP contribution in [0.25, 0.3) is 10.9 Å². The topological polar surface area (TPSA) is 84.8 Å². The number of H-pyrrole nitrogens is 1. The van der Waals surface area contributed by atoms with Gasteiger partial charge in [-0.15, -0.1) is 10.2 Å². The Morgan fingerprint density at radius 1 is 0.925 bits per heavy atom. The number of aryl methyl sites for hydroxylation is 3. The van der Waals surface area contributed by atoms with Crippen LogP contribution < -0.4 is 5.32 Å². The maximum absolute atomic E-state index is 13.1. The monoisotopic (exact) mass is 535 g/mol. The first kappa shape index (κ1) is 27.2. The zero-order valence-corrected chi connectivity index (χ0v) is 23.6. The first-order valence-electron chi connectivity index (χ1n) is 13.8. The summed E-state index contributed by atoms with van der Waals surface area (Å²) in [7, 11) is 0. The van der Waals surface area contributed by atoms with E-state index in [1.54, 1.807) is 0 Å². The van der Waals surface area contributed by atoms with Crippen molar-refractivity contribution in [3.05, 3.63) is 119 Å². The van der Waals surface area contributed by atoms with Crippen molar-refractivity contribution in [1.29, 1.82) is 0 Å². The number of fused-ring (bicyclic) bond motifs is 1. The smallest absolute Gasteiger partial charge is 0.408 e. The Kier molecular flexibility index (Phi) is 8.01. The summed E-state index contributed by atoms with van der Waals surface area (Å²) in [5, 5.41) is 13.6. The van der Waals surface area contributed by atoms with Gasteiger partial charge in [0.15, 0.2) is 5.82 Å². The minimum atomic E-state index is -0.619. The lowest BCUT2D eigenvalue weighted by Crippen LogP contribution is -2.37. The van der Waals surface area contributed by atoms with E-state index in [2.05, 4.69) is 92.7 Å². The molecule has 206 valence electrons. The number of amides is 1. The first-order valence-corrected chi connectivity index (χ1v) is 13.8. The molecule has 3 aromatic carbocycles. The van der Waals surface area contributed by atoms with Crippen molar-refractivity contribution in [3.8, 4) is 0 Å². The van der Waals surface area contributed by atoms with E-state index >= 15 is 0 Å². The van der Waals surface area contributed by atoms with Gasteiger partial charge in [-0.25, -0.2) is 4.79 Å². The summed E-state index contributed by atoms with van der Waals surface area (Å²) in [6, 6.07) is 26.6. The molecule has 40 heavy (non-hydrogen) atoms. The van der Waals surface area contributed by atoms with Crippen LogP contribution in [0.4, 0.5) is 4.79 Å². The SMILES string of the molecule is Cc1ccc(Cn2c(CCc3ccccc3)nnc2[C@@H](Cc2c[nH]c3ccccc23)NC(=O)OC(C)(C)C)cc1. The van der Waals surface area contributed by atoms with Crippen LogP contribution in [0.3, 0.4) is 0 Å². The van der Waals surface area contributed by atoms with Crippen molar-refractivity contribution in [3.63, 3.8) is 0 Å². The third-order valence-corrected chi connectivity index (χ3v) is 6.90. The fourth-order valence-electron chi connectivity index (χ4n) is 4.92. The zero-order chi connectivity index (χ0) is 28.1. The highest BCUT2D eigenvalue weighted by atomic mass is 16.6. The van der Waals surface area contributed by atoms with Gasteiger partial charge in [0.2, 0.25) is 0 Å². The Bertz CT molecular complexity index is 1560. The lowest BCUT2D eigenvalue weighted by molar-refractivity contribution is 0.0500. The maximum Gasteiger partial charge on any atom is 0.408 e. The maximum atomic E-state index is 13.1.